The van der Waals surface area contributed by atoms with Crippen LogP contribution in [0, 0.1) is 0 Å². The van der Waals surface area contributed by atoms with Gasteiger partial charge in [0, 0.05) is 31.4 Å². The lowest BCUT2D eigenvalue weighted by Gasteiger charge is -2.29. The van der Waals surface area contributed by atoms with Crippen molar-refractivity contribution in [3.8, 4) is 0 Å². The van der Waals surface area contributed by atoms with Crippen molar-refractivity contribution < 1.29 is 4.79 Å². The van der Waals surface area contributed by atoms with Gasteiger partial charge in [0.1, 0.15) is 0 Å². The lowest BCUT2D eigenvalue weighted by Crippen LogP contribution is -2.51. The molecule has 3 N–H and O–H groups in total. The molecule has 1 aromatic rings. The Labute approximate surface area is 89.1 Å². The minimum Gasteiger partial charge on any atom is -0.380 e. The molecule has 1 amide bonds. The van der Waals surface area contributed by atoms with E-state index in [2.05, 4.69) is 16.0 Å². The predicted molar refractivity (Wildman–Crippen MR) is 60.1 cm³/mol. The molecule has 1 aromatic carbocycles. The maximum Gasteiger partial charge on any atom is 0.251 e. The Hall–Kier alpha value is -1.55. The van der Waals surface area contributed by atoms with Gasteiger partial charge in [-0.2, -0.15) is 0 Å². The number of carbonyl (C=O) groups is 1. The van der Waals surface area contributed by atoms with Gasteiger partial charge in [-0.3, -0.25) is 4.79 Å². The molecule has 0 spiro atoms. The second-order valence-corrected chi connectivity index (χ2v) is 3.66. The monoisotopic (exact) mass is 205 g/mol. The standard InChI is InChI=1S/C11H15N3O/c1-12-11(15)8-3-2-4-9(5-8)14-10-6-13-7-10/h2-5,10,13-14H,6-7H2,1H3,(H,12,15). The maximum absolute atomic E-state index is 11.4. The van der Waals surface area contributed by atoms with E-state index in [4.69, 9.17) is 0 Å². The van der Waals surface area contributed by atoms with E-state index >= 15 is 0 Å². The van der Waals surface area contributed by atoms with E-state index in [0.29, 0.717) is 11.6 Å². The maximum atomic E-state index is 11.4. The topological polar surface area (TPSA) is 53.2 Å². The Morgan fingerprint density at radius 2 is 2.27 bits per heavy atom. The van der Waals surface area contributed by atoms with Gasteiger partial charge in [-0.1, -0.05) is 6.07 Å². The van der Waals surface area contributed by atoms with Crippen molar-refractivity contribution in [3.05, 3.63) is 29.8 Å². The van der Waals surface area contributed by atoms with Crippen LogP contribution in [0.5, 0.6) is 0 Å². The zero-order valence-corrected chi connectivity index (χ0v) is 8.71. The van der Waals surface area contributed by atoms with Crippen LogP contribution in [0.3, 0.4) is 0 Å². The van der Waals surface area contributed by atoms with Crippen LogP contribution >= 0.6 is 0 Å². The lowest BCUT2D eigenvalue weighted by atomic mass is 10.1. The van der Waals surface area contributed by atoms with Crippen LogP contribution in [0.15, 0.2) is 24.3 Å². The third-order valence-electron chi connectivity index (χ3n) is 2.50. The molecule has 1 aliphatic rings. The number of hydrogen-bond acceptors (Lipinski definition) is 3. The van der Waals surface area contributed by atoms with E-state index in [1.54, 1.807) is 7.05 Å². The van der Waals surface area contributed by atoms with E-state index in [9.17, 15) is 4.79 Å². The van der Waals surface area contributed by atoms with Gasteiger partial charge in [-0.15, -0.1) is 0 Å². The van der Waals surface area contributed by atoms with E-state index in [1.165, 1.54) is 0 Å². The van der Waals surface area contributed by atoms with Crippen molar-refractivity contribution in [1.29, 1.82) is 0 Å². The average Bonchev–Trinajstić information content (AvgIpc) is 2.23. The summed E-state index contributed by atoms with van der Waals surface area (Å²) in [5.74, 6) is -0.0506. The first kappa shape index (κ1) is 9.98. The fourth-order valence-corrected chi connectivity index (χ4v) is 1.52. The zero-order chi connectivity index (χ0) is 10.7. The number of hydrogen-bond donors (Lipinski definition) is 3. The Balaban J connectivity index is 2.07. The highest BCUT2D eigenvalue weighted by atomic mass is 16.1. The molecule has 1 aliphatic heterocycles. The van der Waals surface area contributed by atoms with Gasteiger partial charge in [0.25, 0.3) is 5.91 Å². The number of benzene rings is 1. The van der Waals surface area contributed by atoms with Crippen LogP contribution in [0.4, 0.5) is 5.69 Å². The van der Waals surface area contributed by atoms with Gasteiger partial charge >= 0.3 is 0 Å². The largest absolute Gasteiger partial charge is 0.380 e. The van der Waals surface area contributed by atoms with Gasteiger partial charge in [-0.25, -0.2) is 0 Å². The minimum atomic E-state index is -0.0506. The fourth-order valence-electron chi connectivity index (χ4n) is 1.52. The second kappa shape index (κ2) is 4.31. The second-order valence-electron chi connectivity index (χ2n) is 3.66. The first-order valence-electron chi connectivity index (χ1n) is 5.09. The third-order valence-corrected chi connectivity index (χ3v) is 2.50. The summed E-state index contributed by atoms with van der Waals surface area (Å²) in [4.78, 5) is 11.4. The van der Waals surface area contributed by atoms with Gasteiger partial charge in [-0.05, 0) is 18.2 Å². The van der Waals surface area contributed by atoms with E-state index in [1.807, 2.05) is 24.3 Å². The fraction of sp³-hybridized carbons (Fsp3) is 0.364. The molecule has 0 saturated carbocycles. The van der Waals surface area contributed by atoms with Crippen molar-refractivity contribution in [2.45, 2.75) is 6.04 Å². The Morgan fingerprint density at radius 3 is 2.87 bits per heavy atom. The predicted octanol–water partition coefficient (Wildman–Crippen LogP) is 0.430. The summed E-state index contributed by atoms with van der Waals surface area (Å²) < 4.78 is 0. The molecule has 0 bridgehead atoms. The summed E-state index contributed by atoms with van der Waals surface area (Å²) in [6.45, 7) is 1.98. The summed E-state index contributed by atoms with van der Waals surface area (Å²) in [5, 5.41) is 9.15. The van der Waals surface area contributed by atoms with Crippen molar-refractivity contribution in [2.24, 2.45) is 0 Å². The molecular weight excluding hydrogens is 190 g/mol. The molecule has 4 nitrogen and oxygen atoms in total. The molecule has 1 fully saturated rings. The minimum absolute atomic E-state index is 0.0506. The van der Waals surface area contributed by atoms with E-state index in [0.717, 1.165) is 18.8 Å². The Morgan fingerprint density at radius 1 is 1.47 bits per heavy atom. The smallest absolute Gasteiger partial charge is 0.251 e. The number of amides is 1. The molecule has 80 valence electrons. The molecule has 4 heteroatoms. The Bertz CT molecular complexity index is 361. The molecule has 2 rings (SSSR count). The van der Waals surface area contributed by atoms with Gasteiger partial charge in [0.05, 0.1) is 6.04 Å². The van der Waals surface area contributed by atoms with Crippen LogP contribution < -0.4 is 16.0 Å². The van der Waals surface area contributed by atoms with Crippen LogP contribution in [0.25, 0.3) is 0 Å². The molecule has 0 atom stereocenters. The van der Waals surface area contributed by atoms with Crippen molar-refractivity contribution in [1.82, 2.24) is 10.6 Å². The highest BCUT2D eigenvalue weighted by Crippen LogP contribution is 2.12. The normalized spacial score (nSPS) is 15.5. The van der Waals surface area contributed by atoms with Gasteiger partial charge in [0.2, 0.25) is 0 Å². The summed E-state index contributed by atoms with van der Waals surface area (Å²) in [5.41, 5.74) is 1.69. The summed E-state index contributed by atoms with van der Waals surface area (Å²) in [7, 11) is 1.64. The number of anilines is 1. The molecule has 0 unspecified atom stereocenters. The van der Waals surface area contributed by atoms with Crippen LogP contribution in [-0.2, 0) is 0 Å². The molecular formula is C11H15N3O. The van der Waals surface area contributed by atoms with Crippen LogP contribution in [0.2, 0.25) is 0 Å². The molecule has 0 aromatic heterocycles. The summed E-state index contributed by atoms with van der Waals surface area (Å²) in [6.07, 6.45) is 0. The third kappa shape index (κ3) is 2.27. The van der Waals surface area contributed by atoms with Crippen LogP contribution in [0.1, 0.15) is 10.4 Å². The first-order chi connectivity index (χ1) is 7.29. The quantitative estimate of drug-likeness (QED) is 0.670. The van der Waals surface area contributed by atoms with Crippen molar-refractivity contribution in [3.63, 3.8) is 0 Å². The zero-order valence-electron chi connectivity index (χ0n) is 8.71. The highest BCUT2D eigenvalue weighted by Gasteiger charge is 2.16. The molecule has 1 heterocycles. The molecule has 0 aliphatic carbocycles. The highest BCUT2D eigenvalue weighted by molar-refractivity contribution is 5.94. The van der Waals surface area contributed by atoms with E-state index in [-0.39, 0.29) is 5.91 Å². The van der Waals surface area contributed by atoms with Gasteiger partial charge in [0.15, 0.2) is 0 Å². The molecule has 0 radical (unpaired) electrons. The number of rotatable bonds is 3. The SMILES string of the molecule is CNC(=O)c1cccc(NC2CNC2)c1. The van der Waals surface area contributed by atoms with Crippen molar-refractivity contribution in [2.75, 3.05) is 25.5 Å². The Kier molecular flexibility index (Phi) is 2.87. The number of carbonyl (C=O) groups excluding carboxylic acids is 1. The van der Waals surface area contributed by atoms with Crippen LogP contribution in [-0.4, -0.2) is 32.1 Å². The molecule has 1 saturated heterocycles. The lowest BCUT2D eigenvalue weighted by molar-refractivity contribution is 0.0963. The summed E-state index contributed by atoms with van der Waals surface area (Å²) >= 11 is 0. The van der Waals surface area contributed by atoms with E-state index < -0.39 is 0 Å². The van der Waals surface area contributed by atoms with Crippen molar-refractivity contribution >= 4 is 11.6 Å². The first-order valence-corrected chi connectivity index (χ1v) is 5.09. The summed E-state index contributed by atoms with van der Waals surface area (Å²) in [6, 6.07) is 8.04. The van der Waals surface area contributed by atoms with Gasteiger partial charge < -0.3 is 16.0 Å². The molecule has 15 heavy (non-hydrogen) atoms. The number of nitrogens with one attached hydrogen (secondary N) is 3. The average molecular weight is 205 g/mol.